The fourth-order valence-electron chi connectivity index (χ4n) is 2.30. The number of thiazole rings is 1. The van der Waals surface area contributed by atoms with E-state index in [1.54, 1.807) is 28.4 Å². The highest BCUT2D eigenvalue weighted by molar-refractivity contribution is 7.09. The van der Waals surface area contributed by atoms with Gasteiger partial charge in [-0.25, -0.2) is 4.98 Å². The fraction of sp³-hybridized carbons (Fsp3) is 0.368. The number of ether oxygens (including phenoxy) is 1. The SMILES string of the molecule is Cc1nc(COc2ccccc2/C=C/C(=O)N(C)CC(C)C)cs1. The summed E-state index contributed by atoms with van der Waals surface area (Å²) >= 11 is 1.61. The van der Waals surface area contributed by atoms with Crippen LogP contribution in [0.4, 0.5) is 0 Å². The van der Waals surface area contributed by atoms with E-state index in [4.69, 9.17) is 4.74 Å². The molecule has 0 unspecified atom stereocenters. The van der Waals surface area contributed by atoms with Crippen molar-refractivity contribution < 1.29 is 9.53 Å². The molecule has 128 valence electrons. The summed E-state index contributed by atoms with van der Waals surface area (Å²) < 4.78 is 5.86. The maximum absolute atomic E-state index is 12.1. The average Bonchev–Trinajstić information content (AvgIpc) is 2.96. The Bertz CT molecular complexity index is 707. The zero-order valence-electron chi connectivity index (χ0n) is 14.7. The van der Waals surface area contributed by atoms with Gasteiger partial charge in [-0.3, -0.25) is 4.79 Å². The molecule has 0 aliphatic carbocycles. The van der Waals surface area contributed by atoms with E-state index in [0.717, 1.165) is 28.6 Å². The van der Waals surface area contributed by atoms with E-state index in [-0.39, 0.29) is 5.91 Å². The van der Waals surface area contributed by atoms with Crippen LogP contribution in [-0.2, 0) is 11.4 Å². The minimum Gasteiger partial charge on any atom is -0.487 e. The molecule has 0 aliphatic heterocycles. The van der Waals surface area contributed by atoms with Crippen LogP contribution in [0.5, 0.6) is 5.75 Å². The highest BCUT2D eigenvalue weighted by Gasteiger charge is 2.08. The lowest BCUT2D eigenvalue weighted by molar-refractivity contribution is -0.125. The van der Waals surface area contributed by atoms with Gasteiger partial charge in [-0.05, 0) is 25.0 Å². The Hall–Kier alpha value is -2.14. The van der Waals surface area contributed by atoms with Crippen LogP contribution in [0.25, 0.3) is 6.08 Å². The molecule has 0 saturated heterocycles. The number of carbonyl (C=O) groups excluding carboxylic acids is 1. The van der Waals surface area contributed by atoms with E-state index in [2.05, 4.69) is 18.8 Å². The van der Waals surface area contributed by atoms with Crippen molar-refractivity contribution in [1.29, 1.82) is 0 Å². The molecule has 2 aromatic rings. The normalized spacial score (nSPS) is 11.2. The van der Waals surface area contributed by atoms with Gasteiger partial charge < -0.3 is 9.64 Å². The average molecular weight is 344 g/mol. The van der Waals surface area contributed by atoms with Crippen LogP contribution >= 0.6 is 11.3 Å². The van der Waals surface area contributed by atoms with Crippen molar-refractivity contribution in [3.63, 3.8) is 0 Å². The van der Waals surface area contributed by atoms with Gasteiger partial charge in [0, 0.05) is 30.6 Å². The molecule has 1 amide bonds. The number of nitrogens with zero attached hydrogens (tertiary/aromatic N) is 2. The van der Waals surface area contributed by atoms with Crippen LogP contribution in [0, 0.1) is 12.8 Å². The van der Waals surface area contributed by atoms with Crippen LogP contribution < -0.4 is 4.74 Å². The van der Waals surface area contributed by atoms with Gasteiger partial charge in [-0.1, -0.05) is 32.0 Å². The number of amides is 1. The number of likely N-dealkylation sites (N-methyl/N-ethyl adjacent to an activating group) is 1. The Labute approximate surface area is 147 Å². The number of aromatic nitrogens is 1. The number of aryl methyl sites for hydroxylation is 1. The molecule has 1 heterocycles. The van der Waals surface area contributed by atoms with E-state index in [0.29, 0.717) is 12.5 Å². The lowest BCUT2D eigenvalue weighted by Crippen LogP contribution is -2.28. The third kappa shape index (κ3) is 5.49. The van der Waals surface area contributed by atoms with Crippen molar-refractivity contribution in [2.45, 2.75) is 27.4 Å². The van der Waals surface area contributed by atoms with Gasteiger partial charge in [0.2, 0.25) is 5.91 Å². The van der Waals surface area contributed by atoms with Crippen molar-refractivity contribution in [1.82, 2.24) is 9.88 Å². The molecule has 2 rings (SSSR count). The van der Waals surface area contributed by atoms with E-state index in [9.17, 15) is 4.79 Å². The van der Waals surface area contributed by atoms with Crippen LogP contribution in [0.3, 0.4) is 0 Å². The second kappa shape index (κ2) is 8.64. The summed E-state index contributed by atoms with van der Waals surface area (Å²) in [5.41, 5.74) is 1.81. The standard InChI is InChI=1S/C19H24N2O2S/c1-14(2)11-21(4)19(22)10-9-16-7-5-6-8-18(16)23-12-17-13-24-15(3)20-17/h5-10,13-14H,11-12H2,1-4H3/b10-9+. The Morgan fingerprint density at radius 1 is 1.38 bits per heavy atom. The molecule has 0 aliphatic rings. The Kier molecular flexibility index (Phi) is 6.55. The second-order valence-electron chi connectivity index (χ2n) is 6.13. The molecular formula is C19H24N2O2S. The molecule has 0 atom stereocenters. The molecule has 0 saturated carbocycles. The Morgan fingerprint density at radius 3 is 2.79 bits per heavy atom. The van der Waals surface area contributed by atoms with Crippen molar-refractivity contribution in [3.8, 4) is 5.75 Å². The van der Waals surface area contributed by atoms with E-state index < -0.39 is 0 Å². The second-order valence-corrected chi connectivity index (χ2v) is 7.19. The monoisotopic (exact) mass is 344 g/mol. The highest BCUT2D eigenvalue weighted by Crippen LogP contribution is 2.21. The first kappa shape index (κ1) is 18.2. The molecule has 24 heavy (non-hydrogen) atoms. The molecule has 0 spiro atoms. The first-order chi connectivity index (χ1) is 11.5. The van der Waals surface area contributed by atoms with Crippen LogP contribution in [-0.4, -0.2) is 29.4 Å². The highest BCUT2D eigenvalue weighted by atomic mass is 32.1. The first-order valence-corrected chi connectivity index (χ1v) is 8.89. The molecular weight excluding hydrogens is 320 g/mol. The van der Waals surface area contributed by atoms with Crippen molar-refractivity contribution in [2.24, 2.45) is 5.92 Å². The molecule has 0 fully saturated rings. The minimum atomic E-state index is -0.00590. The molecule has 0 bridgehead atoms. The molecule has 4 nitrogen and oxygen atoms in total. The molecule has 5 heteroatoms. The van der Waals surface area contributed by atoms with Gasteiger partial charge in [-0.15, -0.1) is 11.3 Å². The van der Waals surface area contributed by atoms with Gasteiger partial charge in [-0.2, -0.15) is 0 Å². The predicted octanol–water partition coefficient (Wildman–Crippen LogP) is 4.16. The maximum atomic E-state index is 12.1. The number of benzene rings is 1. The Balaban J connectivity index is 2.02. The van der Waals surface area contributed by atoms with Crippen LogP contribution in [0.1, 0.15) is 30.1 Å². The summed E-state index contributed by atoms with van der Waals surface area (Å²) in [5.74, 6) is 1.19. The molecule has 1 aromatic carbocycles. The van der Waals surface area contributed by atoms with Gasteiger partial charge in [0.05, 0.1) is 10.7 Å². The van der Waals surface area contributed by atoms with Gasteiger partial charge in [0.1, 0.15) is 12.4 Å². The molecule has 0 N–H and O–H groups in total. The third-order valence-electron chi connectivity index (χ3n) is 3.38. The third-order valence-corrected chi connectivity index (χ3v) is 4.20. The summed E-state index contributed by atoms with van der Waals surface area (Å²) in [4.78, 5) is 18.3. The quantitative estimate of drug-likeness (QED) is 0.708. The lowest BCUT2D eigenvalue weighted by Gasteiger charge is -2.17. The first-order valence-electron chi connectivity index (χ1n) is 8.01. The zero-order chi connectivity index (χ0) is 17.5. The van der Waals surface area contributed by atoms with Gasteiger partial charge in [0.25, 0.3) is 0 Å². The minimum absolute atomic E-state index is 0.00590. The van der Waals surface area contributed by atoms with Crippen molar-refractivity contribution in [2.75, 3.05) is 13.6 Å². The van der Waals surface area contributed by atoms with Crippen LogP contribution in [0.15, 0.2) is 35.7 Å². The van der Waals surface area contributed by atoms with Crippen LogP contribution in [0.2, 0.25) is 0 Å². The molecule has 0 radical (unpaired) electrons. The van der Waals surface area contributed by atoms with Crippen molar-refractivity contribution >= 4 is 23.3 Å². The summed E-state index contributed by atoms with van der Waals surface area (Å²) in [6.45, 7) is 7.33. The Morgan fingerprint density at radius 2 is 2.12 bits per heavy atom. The maximum Gasteiger partial charge on any atom is 0.246 e. The smallest absolute Gasteiger partial charge is 0.246 e. The zero-order valence-corrected chi connectivity index (χ0v) is 15.5. The predicted molar refractivity (Wildman–Crippen MR) is 99.1 cm³/mol. The summed E-state index contributed by atoms with van der Waals surface area (Å²) in [6.07, 6.45) is 3.40. The summed E-state index contributed by atoms with van der Waals surface area (Å²) in [7, 11) is 1.82. The summed E-state index contributed by atoms with van der Waals surface area (Å²) in [6, 6.07) is 7.70. The number of hydrogen-bond acceptors (Lipinski definition) is 4. The number of carbonyl (C=O) groups is 1. The van der Waals surface area contributed by atoms with Crippen molar-refractivity contribution in [3.05, 3.63) is 52.0 Å². The van der Waals surface area contributed by atoms with Gasteiger partial charge >= 0.3 is 0 Å². The van der Waals surface area contributed by atoms with E-state index in [1.165, 1.54) is 0 Å². The fourth-order valence-corrected chi connectivity index (χ4v) is 2.90. The number of para-hydroxylation sites is 1. The summed E-state index contributed by atoms with van der Waals surface area (Å²) in [5, 5.41) is 3.03. The largest absolute Gasteiger partial charge is 0.487 e. The number of hydrogen-bond donors (Lipinski definition) is 0. The lowest BCUT2D eigenvalue weighted by atomic mass is 10.1. The topological polar surface area (TPSA) is 42.4 Å². The van der Waals surface area contributed by atoms with E-state index >= 15 is 0 Å². The van der Waals surface area contributed by atoms with E-state index in [1.807, 2.05) is 43.6 Å². The van der Waals surface area contributed by atoms with Gasteiger partial charge in [0.15, 0.2) is 0 Å². The molecule has 1 aromatic heterocycles. The number of rotatable bonds is 7.